The van der Waals surface area contributed by atoms with Gasteiger partial charge in [-0.15, -0.1) is 0 Å². The minimum absolute atomic E-state index is 0.0924. The summed E-state index contributed by atoms with van der Waals surface area (Å²) >= 11 is 0. The third-order valence-corrected chi connectivity index (χ3v) is 5.08. The van der Waals surface area contributed by atoms with Gasteiger partial charge >= 0.3 is 5.97 Å². The van der Waals surface area contributed by atoms with Gasteiger partial charge in [0.05, 0.1) is 27.0 Å². The van der Waals surface area contributed by atoms with Crippen LogP contribution in [-0.4, -0.2) is 44.3 Å². The Morgan fingerprint density at radius 2 is 1.50 bits per heavy atom. The zero-order valence-electron chi connectivity index (χ0n) is 18.5. The molecule has 0 radical (unpaired) electrons. The quantitative estimate of drug-likeness (QED) is 0.383. The summed E-state index contributed by atoms with van der Waals surface area (Å²) in [7, 11) is 4.31. The summed E-state index contributed by atoms with van der Waals surface area (Å²) in [6.07, 6.45) is 0. The highest BCUT2D eigenvalue weighted by Gasteiger charge is 2.22. The van der Waals surface area contributed by atoms with Crippen molar-refractivity contribution in [2.75, 3.05) is 27.9 Å². The number of ketones is 1. The number of methoxy groups -OCH3 is 3. The maximum absolute atomic E-state index is 14.3. The van der Waals surface area contributed by atoms with Crippen LogP contribution in [0.1, 0.15) is 32.1 Å². The van der Waals surface area contributed by atoms with E-state index in [1.807, 2.05) is 0 Å². The smallest absolute Gasteiger partial charge is 0.342 e. The van der Waals surface area contributed by atoms with Gasteiger partial charge in [0.1, 0.15) is 17.1 Å². The second kappa shape index (κ2) is 9.55. The van der Waals surface area contributed by atoms with Gasteiger partial charge in [0.25, 0.3) is 0 Å². The van der Waals surface area contributed by atoms with Crippen LogP contribution in [0.5, 0.6) is 17.2 Å². The van der Waals surface area contributed by atoms with Crippen LogP contribution in [0.3, 0.4) is 0 Å². The van der Waals surface area contributed by atoms with E-state index in [1.54, 1.807) is 42.7 Å². The molecule has 0 aliphatic rings. The van der Waals surface area contributed by atoms with Crippen molar-refractivity contribution in [1.82, 2.24) is 4.57 Å². The van der Waals surface area contributed by atoms with E-state index in [9.17, 15) is 14.0 Å². The van der Waals surface area contributed by atoms with Gasteiger partial charge in [-0.25, -0.2) is 9.18 Å². The Morgan fingerprint density at radius 3 is 2.12 bits per heavy atom. The molecule has 32 heavy (non-hydrogen) atoms. The fourth-order valence-electron chi connectivity index (χ4n) is 3.52. The number of Topliss-reactive ketones (excluding diaryl/α,β-unsaturated/α-hetero) is 1. The maximum atomic E-state index is 14.3. The van der Waals surface area contributed by atoms with Crippen LogP contribution in [0.2, 0.25) is 0 Å². The lowest BCUT2D eigenvalue weighted by Crippen LogP contribution is -2.16. The Morgan fingerprint density at radius 1 is 0.875 bits per heavy atom. The largest absolute Gasteiger partial charge is 0.496 e. The lowest BCUT2D eigenvalue weighted by molar-refractivity contribution is 0.0471. The van der Waals surface area contributed by atoms with Gasteiger partial charge in [-0.1, -0.05) is 12.1 Å². The summed E-state index contributed by atoms with van der Waals surface area (Å²) in [6.45, 7) is 3.00. The number of benzene rings is 2. The van der Waals surface area contributed by atoms with Gasteiger partial charge in [0.2, 0.25) is 5.78 Å². The number of para-hydroxylation sites is 1. The van der Waals surface area contributed by atoms with Crippen molar-refractivity contribution in [3.63, 3.8) is 0 Å². The summed E-state index contributed by atoms with van der Waals surface area (Å²) in [5, 5.41) is 0. The molecule has 0 spiro atoms. The molecule has 0 aliphatic heterocycles. The van der Waals surface area contributed by atoms with E-state index in [-0.39, 0.29) is 11.3 Å². The predicted molar refractivity (Wildman–Crippen MR) is 116 cm³/mol. The number of nitrogens with zero attached hydrogens (tertiary/aromatic N) is 1. The molecule has 0 saturated heterocycles. The summed E-state index contributed by atoms with van der Waals surface area (Å²) in [5.41, 5.74) is 2.02. The van der Waals surface area contributed by atoms with E-state index in [4.69, 9.17) is 18.9 Å². The van der Waals surface area contributed by atoms with Crippen molar-refractivity contribution in [3.05, 3.63) is 70.8 Å². The number of halogens is 1. The van der Waals surface area contributed by atoms with Crippen molar-refractivity contribution < 1.29 is 32.9 Å². The van der Waals surface area contributed by atoms with Crippen LogP contribution < -0.4 is 14.2 Å². The number of rotatable bonds is 8. The van der Waals surface area contributed by atoms with Crippen LogP contribution in [0.25, 0.3) is 5.69 Å². The van der Waals surface area contributed by atoms with Crippen molar-refractivity contribution in [2.24, 2.45) is 0 Å². The summed E-state index contributed by atoms with van der Waals surface area (Å²) in [6, 6.07) is 10.9. The average molecular weight is 441 g/mol. The Labute approximate surface area is 185 Å². The molecule has 7 nitrogen and oxygen atoms in total. The molecule has 3 rings (SSSR count). The Hall–Kier alpha value is -3.81. The minimum atomic E-state index is -0.751. The first-order valence-corrected chi connectivity index (χ1v) is 9.76. The zero-order valence-corrected chi connectivity index (χ0v) is 18.5. The molecule has 0 aliphatic carbocycles. The van der Waals surface area contributed by atoms with E-state index in [1.165, 1.54) is 39.5 Å². The van der Waals surface area contributed by atoms with Crippen molar-refractivity contribution in [3.8, 4) is 22.9 Å². The topological polar surface area (TPSA) is 76.0 Å². The molecular weight excluding hydrogens is 417 g/mol. The zero-order chi connectivity index (χ0) is 23.4. The molecule has 1 aromatic heterocycles. The van der Waals surface area contributed by atoms with E-state index in [0.717, 1.165) is 0 Å². The first-order valence-electron chi connectivity index (χ1n) is 9.76. The van der Waals surface area contributed by atoms with E-state index in [2.05, 4.69) is 0 Å². The number of carbonyl (C=O) groups excluding carboxylic acids is 2. The Bertz CT molecular complexity index is 1170. The number of hydrogen-bond acceptors (Lipinski definition) is 6. The summed E-state index contributed by atoms with van der Waals surface area (Å²) in [5.74, 6) is -0.636. The second-order valence-corrected chi connectivity index (χ2v) is 6.98. The normalized spacial score (nSPS) is 10.6. The SMILES string of the molecule is COc1cc(OC)c(C(=O)OCC(=O)c2cc(C)n(-c3ccccc3F)c2C)cc1OC. The fourth-order valence-corrected chi connectivity index (χ4v) is 3.52. The van der Waals surface area contributed by atoms with Gasteiger partial charge in [-0.05, 0) is 32.0 Å². The molecule has 0 N–H and O–H groups in total. The first-order chi connectivity index (χ1) is 15.3. The molecule has 0 unspecified atom stereocenters. The Balaban J connectivity index is 1.82. The van der Waals surface area contributed by atoms with Gasteiger partial charge in [0.15, 0.2) is 18.1 Å². The maximum Gasteiger partial charge on any atom is 0.342 e. The monoisotopic (exact) mass is 441 g/mol. The van der Waals surface area contributed by atoms with Gasteiger partial charge in [0, 0.05) is 29.1 Å². The molecule has 8 heteroatoms. The highest BCUT2D eigenvalue weighted by molar-refractivity contribution is 6.01. The number of ether oxygens (including phenoxy) is 4. The number of carbonyl (C=O) groups is 2. The molecule has 0 atom stereocenters. The Kier molecular flexibility index (Phi) is 6.82. The average Bonchev–Trinajstić information content (AvgIpc) is 3.10. The predicted octanol–water partition coefficient (Wildman–Crippen LogP) is 4.30. The van der Waals surface area contributed by atoms with Crippen molar-refractivity contribution in [1.29, 1.82) is 0 Å². The molecule has 168 valence electrons. The number of esters is 1. The minimum Gasteiger partial charge on any atom is -0.496 e. The van der Waals surface area contributed by atoms with Crippen molar-refractivity contribution in [2.45, 2.75) is 13.8 Å². The molecule has 0 saturated carbocycles. The highest BCUT2D eigenvalue weighted by Crippen LogP contribution is 2.35. The number of hydrogen-bond donors (Lipinski definition) is 0. The lowest BCUT2D eigenvalue weighted by atomic mass is 10.1. The highest BCUT2D eigenvalue weighted by atomic mass is 19.1. The van der Waals surface area contributed by atoms with Crippen LogP contribution in [0.4, 0.5) is 4.39 Å². The lowest BCUT2D eigenvalue weighted by Gasteiger charge is -2.13. The van der Waals surface area contributed by atoms with E-state index >= 15 is 0 Å². The standard InChI is InChI=1S/C24H24FNO6/c1-14-10-16(15(2)26(14)19-9-7-6-8-18(19)25)20(27)13-32-24(28)17-11-22(30-4)23(31-5)12-21(17)29-3/h6-12H,13H2,1-5H3. The molecule has 0 fully saturated rings. The molecule has 0 amide bonds. The molecule has 2 aromatic carbocycles. The summed E-state index contributed by atoms with van der Waals surface area (Å²) < 4.78 is 36.8. The fraction of sp³-hybridized carbons (Fsp3) is 0.250. The summed E-state index contributed by atoms with van der Waals surface area (Å²) in [4.78, 5) is 25.4. The second-order valence-electron chi connectivity index (χ2n) is 6.98. The van der Waals surface area contributed by atoms with E-state index in [0.29, 0.717) is 34.1 Å². The number of aromatic nitrogens is 1. The first kappa shape index (κ1) is 22.9. The van der Waals surface area contributed by atoms with Crippen LogP contribution >= 0.6 is 0 Å². The van der Waals surface area contributed by atoms with Crippen LogP contribution in [-0.2, 0) is 4.74 Å². The molecular formula is C24H24FNO6. The molecule has 0 bridgehead atoms. The van der Waals surface area contributed by atoms with E-state index < -0.39 is 24.2 Å². The third-order valence-electron chi connectivity index (χ3n) is 5.08. The number of aryl methyl sites for hydroxylation is 1. The van der Waals surface area contributed by atoms with Gasteiger partial charge in [-0.2, -0.15) is 0 Å². The molecule has 1 heterocycles. The van der Waals surface area contributed by atoms with Crippen LogP contribution in [0.15, 0.2) is 42.5 Å². The van der Waals surface area contributed by atoms with Gasteiger partial charge < -0.3 is 23.5 Å². The third kappa shape index (κ3) is 4.30. The van der Waals surface area contributed by atoms with Crippen molar-refractivity contribution >= 4 is 11.8 Å². The van der Waals surface area contributed by atoms with Gasteiger partial charge in [-0.3, -0.25) is 4.79 Å². The van der Waals surface area contributed by atoms with Crippen LogP contribution in [0, 0.1) is 19.7 Å². The molecule has 3 aromatic rings.